The van der Waals surface area contributed by atoms with Gasteiger partial charge in [0.15, 0.2) is 0 Å². The van der Waals surface area contributed by atoms with Gasteiger partial charge in [0, 0.05) is 37.3 Å². The van der Waals surface area contributed by atoms with Crippen LogP contribution in [0.1, 0.15) is 56.3 Å². The van der Waals surface area contributed by atoms with Gasteiger partial charge in [-0.2, -0.15) is 0 Å². The van der Waals surface area contributed by atoms with Crippen molar-refractivity contribution in [2.24, 2.45) is 17.3 Å². The lowest BCUT2D eigenvalue weighted by atomic mass is 9.51. The Morgan fingerprint density at radius 1 is 1.32 bits per heavy atom. The normalized spacial score (nSPS) is 33.1. The van der Waals surface area contributed by atoms with Crippen molar-refractivity contribution in [3.05, 3.63) is 29.8 Å². The molecule has 3 unspecified atom stereocenters. The molecular weight excluding hydrogens is 354 g/mol. The van der Waals surface area contributed by atoms with Crippen molar-refractivity contribution in [2.75, 3.05) is 25.1 Å². The fraction of sp³-hybridized carbons (Fsp3) is 0.636. The lowest BCUT2D eigenvalue weighted by Crippen LogP contribution is -2.70. The Balaban J connectivity index is 1.46. The Morgan fingerprint density at radius 2 is 2.14 bits per heavy atom. The average molecular weight is 386 g/mol. The number of para-hydroxylation sites is 1. The second-order valence-corrected chi connectivity index (χ2v) is 8.79. The predicted molar refractivity (Wildman–Crippen MR) is 108 cm³/mol. The van der Waals surface area contributed by atoms with E-state index >= 15 is 0 Å². The Hall–Kier alpha value is -2.08. The number of anilines is 1. The quantitative estimate of drug-likeness (QED) is 0.658. The zero-order chi connectivity index (χ0) is 19.8. The van der Waals surface area contributed by atoms with Crippen LogP contribution in [0.5, 0.6) is 0 Å². The third-order valence-electron chi connectivity index (χ3n) is 6.96. The maximum absolute atomic E-state index is 12.9. The van der Waals surface area contributed by atoms with Crippen LogP contribution >= 0.6 is 0 Å². The molecule has 1 spiro atoms. The summed E-state index contributed by atoms with van der Waals surface area (Å²) in [6, 6.07) is 7.67. The van der Waals surface area contributed by atoms with Crippen LogP contribution in [0.3, 0.4) is 0 Å². The molecule has 2 amide bonds. The summed E-state index contributed by atoms with van der Waals surface area (Å²) < 4.78 is 5.34. The van der Waals surface area contributed by atoms with Crippen LogP contribution in [0.15, 0.2) is 24.3 Å². The van der Waals surface area contributed by atoms with Gasteiger partial charge in [-0.05, 0) is 56.6 Å². The summed E-state index contributed by atoms with van der Waals surface area (Å²) in [7, 11) is 0. The zero-order valence-electron chi connectivity index (χ0n) is 16.8. The maximum atomic E-state index is 12.9. The van der Waals surface area contributed by atoms with E-state index < -0.39 is 5.66 Å². The molecule has 28 heavy (non-hydrogen) atoms. The number of nitrogens with one attached hydrogen (secondary N) is 3. The highest BCUT2D eigenvalue weighted by Crippen LogP contribution is 2.58. The van der Waals surface area contributed by atoms with Crippen LogP contribution in [0.25, 0.3) is 0 Å². The molecule has 3 saturated carbocycles. The molecular formula is C22H31N3O3. The van der Waals surface area contributed by atoms with Crippen LogP contribution < -0.4 is 16.0 Å². The molecule has 3 N–H and O–H groups in total. The SMILES string of the molecule is CCOCCCNC(=O)C1CC2CCC1(C)C[C@]21NC(=O)c2ccccc2N1. The molecule has 152 valence electrons. The highest BCUT2D eigenvalue weighted by molar-refractivity contribution is 6.02. The van der Waals surface area contributed by atoms with E-state index in [2.05, 4.69) is 22.9 Å². The second kappa shape index (κ2) is 7.39. The van der Waals surface area contributed by atoms with Gasteiger partial charge in [-0.25, -0.2) is 0 Å². The van der Waals surface area contributed by atoms with Crippen LogP contribution in [0.4, 0.5) is 5.69 Å². The summed E-state index contributed by atoms with van der Waals surface area (Å²) in [6.45, 7) is 6.23. The lowest BCUT2D eigenvalue weighted by molar-refractivity contribution is -0.139. The number of ether oxygens (including phenoxy) is 1. The van der Waals surface area contributed by atoms with Crippen LogP contribution in [0.2, 0.25) is 0 Å². The number of benzene rings is 1. The van der Waals surface area contributed by atoms with Crippen molar-refractivity contribution in [3.63, 3.8) is 0 Å². The summed E-state index contributed by atoms with van der Waals surface area (Å²) in [6.07, 6.45) is 4.48. The molecule has 0 aromatic heterocycles. The van der Waals surface area contributed by atoms with Gasteiger partial charge in [-0.3, -0.25) is 9.59 Å². The second-order valence-electron chi connectivity index (χ2n) is 8.79. The molecule has 1 aromatic carbocycles. The van der Waals surface area contributed by atoms with Crippen LogP contribution in [-0.2, 0) is 9.53 Å². The molecule has 4 aliphatic rings. The van der Waals surface area contributed by atoms with Crippen molar-refractivity contribution in [1.29, 1.82) is 0 Å². The van der Waals surface area contributed by atoms with Crippen molar-refractivity contribution in [3.8, 4) is 0 Å². The van der Waals surface area contributed by atoms with Gasteiger partial charge >= 0.3 is 0 Å². The highest BCUT2D eigenvalue weighted by Gasteiger charge is 2.60. The van der Waals surface area contributed by atoms with E-state index in [0.29, 0.717) is 25.3 Å². The minimum atomic E-state index is -0.440. The summed E-state index contributed by atoms with van der Waals surface area (Å²) in [5.41, 5.74) is 1.04. The molecule has 0 radical (unpaired) electrons. The summed E-state index contributed by atoms with van der Waals surface area (Å²) in [4.78, 5) is 25.6. The molecule has 4 atom stereocenters. The first-order valence-corrected chi connectivity index (χ1v) is 10.5. The number of amides is 2. The van der Waals surface area contributed by atoms with E-state index in [1.807, 2.05) is 31.2 Å². The fourth-order valence-electron chi connectivity index (χ4n) is 5.51. The minimum absolute atomic E-state index is 0.000147. The van der Waals surface area contributed by atoms with E-state index in [1.165, 1.54) is 0 Å². The molecule has 6 nitrogen and oxygen atoms in total. The molecule has 3 aliphatic carbocycles. The largest absolute Gasteiger partial charge is 0.382 e. The Labute approximate surface area is 166 Å². The van der Waals surface area contributed by atoms with Gasteiger partial charge in [-0.1, -0.05) is 19.1 Å². The molecule has 3 fully saturated rings. The molecule has 1 aromatic rings. The van der Waals surface area contributed by atoms with Gasteiger partial charge in [-0.15, -0.1) is 0 Å². The third-order valence-corrected chi connectivity index (χ3v) is 6.96. The molecule has 2 bridgehead atoms. The number of hydrogen-bond donors (Lipinski definition) is 3. The maximum Gasteiger partial charge on any atom is 0.255 e. The molecule has 5 rings (SSSR count). The molecule has 6 heteroatoms. The van der Waals surface area contributed by atoms with E-state index in [9.17, 15) is 9.59 Å². The summed E-state index contributed by atoms with van der Waals surface area (Å²) in [5.74, 6) is 0.397. The van der Waals surface area contributed by atoms with Crippen LogP contribution in [0, 0.1) is 17.3 Å². The number of fused-ring (bicyclic) bond motifs is 3. The standard InChI is InChI=1S/C22H31N3O3/c1-3-28-12-6-11-23-20(27)17-13-15-9-10-21(17,2)14-22(15)24-18-8-5-4-7-16(18)19(26)25-22/h4-5,7-8,15,17,24H,3,6,9-14H2,1-2H3,(H,23,27)(H,25,26)/t15?,17?,21?,22-/m0/s1. The van der Waals surface area contributed by atoms with Crippen molar-refractivity contribution < 1.29 is 14.3 Å². The molecule has 1 heterocycles. The highest BCUT2D eigenvalue weighted by atomic mass is 16.5. The van der Waals surface area contributed by atoms with Gasteiger partial charge < -0.3 is 20.7 Å². The Morgan fingerprint density at radius 3 is 2.93 bits per heavy atom. The first kappa shape index (κ1) is 19.2. The molecule has 0 saturated heterocycles. The number of hydrogen-bond acceptors (Lipinski definition) is 4. The first-order chi connectivity index (χ1) is 13.5. The topological polar surface area (TPSA) is 79.5 Å². The summed E-state index contributed by atoms with van der Waals surface area (Å²) in [5, 5.41) is 10.0. The smallest absolute Gasteiger partial charge is 0.255 e. The van der Waals surface area contributed by atoms with Crippen molar-refractivity contribution >= 4 is 17.5 Å². The van der Waals surface area contributed by atoms with Gasteiger partial charge in [0.05, 0.1) is 5.56 Å². The van der Waals surface area contributed by atoms with Gasteiger partial charge in [0.1, 0.15) is 5.66 Å². The van der Waals surface area contributed by atoms with Crippen LogP contribution in [-0.4, -0.2) is 37.2 Å². The predicted octanol–water partition coefficient (Wildman–Crippen LogP) is 2.91. The number of rotatable bonds is 6. The summed E-state index contributed by atoms with van der Waals surface area (Å²) >= 11 is 0. The van der Waals surface area contributed by atoms with Crippen molar-refractivity contribution in [2.45, 2.75) is 51.6 Å². The van der Waals surface area contributed by atoms with Crippen molar-refractivity contribution in [1.82, 2.24) is 10.6 Å². The Kier molecular flexibility index (Phi) is 5.08. The minimum Gasteiger partial charge on any atom is -0.382 e. The fourth-order valence-corrected chi connectivity index (χ4v) is 5.51. The molecule has 1 aliphatic heterocycles. The monoisotopic (exact) mass is 385 g/mol. The Bertz CT molecular complexity index is 767. The van der Waals surface area contributed by atoms with Gasteiger partial charge in [0.2, 0.25) is 5.91 Å². The van der Waals surface area contributed by atoms with E-state index in [0.717, 1.165) is 37.8 Å². The zero-order valence-corrected chi connectivity index (χ0v) is 16.8. The number of carbonyl (C=O) groups is 2. The van der Waals surface area contributed by atoms with E-state index in [1.54, 1.807) is 0 Å². The van der Waals surface area contributed by atoms with Gasteiger partial charge in [0.25, 0.3) is 5.91 Å². The first-order valence-electron chi connectivity index (χ1n) is 10.5. The van der Waals surface area contributed by atoms with E-state index in [-0.39, 0.29) is 29.1 Å². The number of carbonyl (C=O) groups excluding carboxylic acids is 2. The van der Waals surface area contributed by atoms with E-state index in [4.69, 9.17) is 4.74 Å². The average Bonchev–Trinajstić information content (AvgIpc) is 2.67. The third kappa shape index (κ3) is 3.28. The lowest BCUT2D eigenvalue weighted by Gasteiger charge is -2.60.